The fraction of sp³-hybridized carbons (Fsp3) is 0.571. The number of aliphatic hydroxyl groups excluding tert-OH is 1. The summed E-state index contributed by atoms with van der Waals surface area (Å²) in [5.41, 5.74) is 0.574. The van der Waals surface area contributed by atoms with Gasteiger partial charge in [0.1, 0.15) is 0 Å². The number of aliphatic hydroxyl groups is 1. The first-order valence-electron chi connectivity index (χ1n) is 6.58. The number of rotatable bonds is 7. The van der Waals surface area contributed by atoms with Crippen LogP contribution in [0.15, 0.2) is 23.4 Å². The van der Waals surface area contributed by atoms with Crippen LogP contribution in [0.3, 0.4) is 0 Å². The highest BCUT2D eigenvalue weighted by molar-refractivity contribution is 7.99. The Hall–Kier alpha value is -1.07. The van der Waals surface area contributed by atoms with Crippen molar-refractivity contribution in [3.63, 3.8) is 0 Å². The van der Waals surface area contributed by atoms with Crippen LogP contribution in [0.1, 0.15) is 37.6 Å². The summed E-state index contributed by atoms with van der Waals surface area (Å²) in [7, 11) is 0. The number of hydrogen-bond acceptors (Lipinski definition) is 4. The first-order valence-corrected chi connectivity index (χ1v) is 7.56. The van der Waals surface area contributed by atoms with Crippen LogP contribution in [0.5, 0.6) is 0 Å². The van der Waals surface area contributed by atoms with Crippen molar-refractivity contribution >= 4 is 17.7 Å². The van der Waals surface area contributed by atoms with Gasteiger partial charge in [-0.1, -0.05) is 13.8 Å². The second-order valence-corrected chi connectivity index (χ2v) is 6.00. The van der Waals surface area contributed by atoms with Crippen molar-refractivity contribution in [2.45, 2.75) is 38.3 Å². The van der Waals surface area contributed by atoms with Crippen molar-refractivity contribution in [2.75, 3.05) is 12.3 Å². The lowest BCUT2D eigenvalue weighted by molar-refractivity contribution is 0.0939. The van der Waals surface area contributed by atoms with Crippen LogP contribution < -0.4 is 5.32 Å². The highest BCUT2D eigenvalue weighted by Gasteiger charge is 2.10. The Kier molecular flexibility index (Phi) is 6.87. The molecule has 0 spiro atoms. The molecular formula is C14H22N2O2S. The van der Waals surface area contributed by atoms with Crippen LogP contribution in [0, 0.1) is 5.92 Å². The molecule has 1 heterocycles. The molecule has 0 radical (unpaired) electrons. The number of carbonyl (C=O) groups is 1. The van der Waals surface area contributed by atoms with Gasteiger partial charge in [0.2, 0.25) is 0 Å². The molecule has 0 aliphatic carbocycles. The standard InChI is InChI=1S/C14H22N2O2S/c1-4-19-13-6-5-12(9-15-13)14(18)16-8-10(2)7-11(3)17/h5-6,9-11,17H,4,7-8H2,1-3H3,(H,16,18). The average Bonchev–Trinajstić information content (AvgIpc) is 2.36. The second-order valence-electron chi connectivity index (χ2n) is 4.72. The Bertz CT molecular complexity index is 393. The summed E-state index contributed by atoms with van der Waals surface area (Å²) in [5, 5.41) is 13.1. The normalized spacial score (nSPS) is 13.9. The summed E-state index contributed by atoms with van der Waals surface area (Å²) in [5.74, 6) is 1.11. The van der Waals surface area contributed by atoms with Crippen molar-refractivity contribution in [3.8, 4) is 0 Å². The Morgan fingerprint density at radius 3 is 2.74 bits per heavy atom. The van der Waals surface area contributed by atoms with Gasteiger partial charge >= 0.3 is 0 Å². The van der Waals surface area contributed by atoms with Gasteiger partial charge in [0, 0.05) is 12.7 Å². The molecule has 2 unspecified atom stereocenters. The van der Waals surface area contributed by atoms with Gasteiger partial charge in [0.25, 0.3) is 5.91 Å². The quantitative estimate of drug-likeness (QED) is 0.754. The Morgan fingerprint density at radius 2 is 2.21 bits per heavy atom. The van der Waals surface area contributed by atoms with Gasteiger partial charge in [-0.15, -0.1) is 11.8 Å². The molecule has 19 heavy (non-hydrogen) atoms. The number of nitrogens with one attached hydrogen (secondary N) is 1. The summed E-state index contributed by atoms with van der Waals surface area (Å²) in [6.45, 7) is 6.39. The smallest absolute Gasteiger partial charge is 0.252 e. The van der Waals surface area contributed by atoms with Gasteiger partial charge in [-0.25, -0.2) is 4.98 Å². The van der Waals surface area contributed by atoms with Gasteiger partial charge in [-0.3, -0.25) is 4.79 Å². The predicted octanol–water partition coefficient (Wildman–Crippen LogP) is 2.33. The molecule has 5 heteroatoms. The molecule has 1 amide bonds. The first-order chi connectivity index (χ1) is 9.02. The SMILES string of the molecule is CCSc1ccc(C(=O)NCC(C)CC(C)O)cn1. The fourth-order valence-electron chi connectivity index (χ4n) is 1.78. The van der Waals surface area contributed by atoms with E-state index in [0.29, 0.717) is 18.5 Å². The van der Waals surface area contributed by atoms with Crippen molar-refractivity contribution in [2.24, 2.45) is 5.92 Å². The molecule has 2 atom stereocenters. The third-order valence-corrected chi connectivity index (χ3v) is 3.47. The molecule has 106 valence electrons. The van der Waals surface area contributed by atoms with Crippen LogP contribution in [-0.4, -0.2) is 34.4 Å². The van der Waals surface area contributed by atoms with Crippen molar-refractivity contribution < 1.29 is 9.90 Å². The first kappa shape index (κ1) is 16.0. The molecule has 1 aromatic rings. The number of aromatic nitrogens is 1. The lowest BCUT2D eigenvalue weighted by Gasteiger charge is -2.14. The Balaban J connectivity index is 2.44. The van der Waals surface area contributed by atoms with E-state index >= 15 is 0 Å². The fourth-order valence-corrected chi connectivity index (χ4v) is 2.37. The molecule has 0 aromatic carbocycles. The number of amides is 1. The van der Waals surface area contributed by atoms with E-state index < -0.39 is 0 Å². The lowest BCUT2D eigenvalue weighted by atomic mass is 10.0. The van der Waals surface area contributed by atoms with Crippen LogP contribution in [-0.2, 0) is 0 Å². The summed E-state index contributed by atoms with van der Waals surface area (Å²) < 4.78 is 0. The number of thioether (sulfide) groups is 1. The van der Waals surface area contributed by atoms with E-state index in [2.05, 4.69) is 17.2 Å². The molecular weight excluding hydrogens is 260 g/mol. The maximum Gasteiger partial charge on any atom is 0.252 e. The highest BCUT2D eigenvalue weighted by atomic mass is 32.2. The number of carbonyl (C=O) groups excluding carboxylic acids is 1. The zero-order valence-electron chi connectivity index (χ0n) is 11.7. The Labute approximate surface area is 119 Å². The zero-order valence-corrected chi connectivity index (χ0v) is 12.5. The molecule has 1 rings (SSSR count). The van der Waals surface area contributed by atoms with E-state index in [1.807, 2.05) is 13.0 Å². The third-order valence-electron chi connectivity index (χ3n) is 2.65. The highest BCUT2D eigenvalue weighted by Crippen LogP contribution is 2.14. The van der Waals surface area contributed by atoms with Gasteiger partial charge in [0.15, 0.2) is 0 Å². The minimum absolute atomic E-state index is 0.113. The predicted molar refractivity (Wildman–Crippen MR) is 78.4 cm³/mol. The third kappa shape index (κ3) is 6.07. The van der Waals surface area contributed by atoms with Gasteiger partial charge in [-0.05, 0) is 37.1 Å². The number of hydrogen-bond donors (Lipinski definition) is 2. The van der Waals surface area contributed by atoms with E-state index in [-0.39, 0.29) is 17.9 Å². The minimum Gasteiger partial charge on any atom is -0.393 e. The van der Waals surface area contributed by atoms with E-state index in [9.17, 15) is 9.90 Å². The summed E-state index contributed by atoms with van der Waals surface area (Å²) in [6, 6.07) is 3.65. The van der Waals surface area contributed by atoms with Crippen LogP contribution in [0.4, 0.5) is 0 Å². The van der Waals surface area contributed by atoms with Crippen LogP contribution in [0.2, 0.25) is 0 Å². The largest absolute Gasteiger partial charge is 0.393 e. The van der Waals surface area contributed by atoms with Gasteiger partial charge in [0.05, 0.1) is 16.7 Å². The molecule has 0 fully saturated rings. The topological polar surface area (TPSA) is 62.2 Å². The van der Waals surface area contributed by atoms with Crippen molar-refractivity contribution in [1.82, 2.24) is 10.3 Å². The van der Waals surface area contributed by atoms with Crippen molar-refractivity contribution in [1.29, 1.82) is 0 Å². The summed E-state index contributed by atoms with van der Waals surface area (Å²) >= 11 is 1.65. The second kappa shape index (κ2) is 8.17. The molecule has 0 saturated heterocycles. The number of pyridine rings is 1. The summed E-state index contributed by atoms with van der Waals surface area (Å²) in [6.07, 6.45) is 1.95. The van der Waals surface area contributed by atoms with Gasteiger partial charge in [-0.2, -0.15) is 0 Å². The lowest BCUT2D eigenvalue weighted by Crippen LogP contribution is -2.29. The van der Waals surface area contributed by atoms with E-state index in [4.69, 9.17) is 0 Å². The van der Waals surface area contributed by atoms with Crippen LogP contribution in [0.25, 0.3) is 0 Å². The maximum absolute atomic E-state index is 11.9. The molecule has 2 N–H and O–H groups in total. The molecule has 0 aliphatic heterocycles. The Morgan fingerprint density at radius 1 is 1.47 bits per heavy atom. The summed E-state index contributed by atoms with van der Waals surface area (Å²) in [4.78, 5) is 16.1. The monoisotopic (exact) mass is 282 g/mol. The molecule has 1 aromatic heterocycles. The van der Waals surface area contributed by atoms with E-state index in [1.165, 1.54) is 0 Å². The van der Waals surface area contributed by atoms with E-state index in [1.54, 1.807) is 30.9 Å². The minimum atomic E-state index is -0.334. The number of nitrogens with zero attached hydrogens (tertiary/aromatic N) is 1. The van der Waals surface area contributed by atoms with Gasteiger partial charge < -0.3 is 10.4 Å². The molecule has 0 bridgehead atoms. The molecule has 0 saturated carbocycles. The molecule has 0 aliphatic rings. The van der Waals surface area contributed by atoms with E-state index in [0.717, 1.165) is 10.8 Å². The molecule has 4 nitrogen and oxygen atoms in total. The zero-order chi connectivity index (χ0) is 14.3. The van der Waals surface area contributed by atoms with Crippen molar-refractivity contribution in [3.05, 3.63) is 23.9 Å². The maximum atomic E-state index is 11.9. The van der Waals surface area contributed by atoms with Crippen LogP contribution >= 0.6 is 11.8 Å². The average molecular weight is 282 g/mol.